The number of rotatable bonds is 9. The van der Waals surface area contributed by atoms with Gasteiger partial charge in [-0.1, -0.05) is 50.2 Å². The average molecular weight is 383 g/mol. The van der Waals surface area contributed by atoms with Gasteiger partial charge in [-0.15, -0.1) is 0 Å². The van der Waals surface area contributed by atoms with Gasteiger partial charge in [-0.05, 0) is 30.7 Å². The van der Waals surface area contributed by atoms with Crippen molar-refractivity contribution in [2.45, 2.75) is 19.9 Å². The summed E-state index contributed by atoms with van der Waals surface area (Å²) in [4.78, 5) is 26.4. The Kier molecular flexibility index (Phi) is 8.02. The van der Waals surface area contributed by atoms with Crippen molar-refractivity contribution >= 4 is 17.5 Å². The van der Waals surface area contributed by atoms with Gasteiger partial charge in [0.05, 0.1) is 26.2 Å². The van der Waals surface area contributed by atoms with Crippen molar-refractivity contribution in [2.24, 2.45) is 5.92 Å². The van der Waals surface area contributed by atoms with E-state index in [0.717, 1.165) is 5.56 Å². The van der Waals surface area contributed by atoms with E-state index in [2.05, 4.69) is 24.5 Å². The van der Waals surface area contributed by atoms with Crippen LogP contribution in [0.3, 0.4) is 0 Å². The number of carbonyl (C=O) groups excluding carboxylic acids is 2. The van der Waals surface area contributed by atoms with Crippen LogP contribution in [0, 0.1) is 5.92 Å². The lowest BCUT2D eigenvalue weighted by Gasteiger charge is -2.24. The van der Waals surface area contributed by atoms with Crippen LogP contribution in [-0.2, 0) is 9.59 Å². The molecule has 1 atom stereocenters. The van der Waals surface area contributed by atoms with Gasteiger partial charge in [0, 0.05) is 11.8 Å². The minimum absolute atomic E-state index is 0.0623. The third kappa shape index (κ3) is 6.70. The first-order valence-electron chi connectivity index (χ1n) is 9.35. The monoisotopic (exact) mass is 383 g/mol. The van der Waals surface area contributed by atoms with Crippen LogP contribution in [0.1, 0.15) is 25.5 Å². The molecule has 0 aliphatic heterocycles. The van der Waals surface area contributed by atoms with Crippen LogP contribution in [0.2, 0.25) is 0 Å². The van der Waals surface area contributed by atoms with Gasteiger partial charge in [0.15, 0.2) is 0 Å². The molecule has 2 N–H and O–H groups in total. The van der Waals surface area contributed by atoms with Gasteiger partial charge in [-0.25, -0.2) is 0 Å². The number of nitrogens with one attached hydrogen (secondary N) is 2. The quantitative estimate of drug-likeness (QED) is 0.698. The molecule has 0 fully saturated rings. The molecule has 0 saturated carbocycles. The Hall–Kier alpha value is -2.86. The summed E-state index contributed by atoms with van der Waals surface area (Å²) in [5.74, 6) is 0.630. The van der Waals surface area contributed by atoms with Crippen molar-refractivity contribution < 1.29 is 14.3 Å². The number of hydrogen-bond acceptors (Lipinski definition) is 4. The fourth-order valence-electron chi connectivity index (χ4n) is 2.96. The van der Waals surface area contributed by atoms with Gasteiger partial charge in [-0.2, -0.15) is 0 Å². The van der Waals surface area contributed by atoms with Crippen molar-refractivity contribution in [3.63, 3.8) is 0 Å². The number of benzene rings is 2. The molecule has 2 aromatic rings. The van der Waals surface area contributed by atoms with Crippen LogP contribution in [0.4, 0.5) is 5.69 Å². The predicted octanol–water partition coefficient (Wildman–Crippen LogP) is 3.08. The number of carbonyl (C=O) groups is 2. The molecule has 2 aromatic carbocycles. The second-order valence-corrected chi connectivity index (χ2v) is 7.15. The number of likely N-dealkylation sites (N-methyl/N-ethyl adjacent to an activating group) is 1. The second-order valence-electron chi connectivity index (χ2n) is 7.15. The van der Waals surface area contributed by atoms with Crippen molar-refractivity contribution in [1.29, 1.82) is 0 Å². The van der Waals surface area contributed by atoms with E-state index in [0.29, 0.717) is 11.4 Å². The lowest BCUT2D eigenvalue weighted by Crippen LogP contribution is -2.41. The maximum absolute atomic E-state index is 12.5. The van der Waals surface area contributed by atoms with Gasteiger partial charge in [-0.3, -0.25) is 14.5 Å². The molecule has 0 bridgehead atoms. The average Bonchev–Trinajstić information content (AvgIpc) is 2.66. The molecular weight excluding hydrogens is 354 g/mol. The summed E-state index contributed by atoms with van der Waals surface area (Å²) >= 11 is 0. The van der Waals surface area contributed by atoms with Crippen molar-refractivity contribution in [3.8, 4) is 5.75 Å². The number of anilines is 1. The number of methoxy groups -OCH3 is 1. The van der Waals surface area contributed by atoms with Gasteiger partial charge in [0.2, 0.25) is 11.8 Å². The molecule has 6 heteroatoms. The van der Waals surface area contributed by atoms with Gasteiger partial charge in [0.1, 0.15) is 5.75 Å². The van der Waals surface area contributed by atoms with E-state index in [-0.39, 0.29) is 36.9 Å². The molecule has 0 spiro atoms. The molecule has 2 rings (SSSR count). The molecule has 2 amide bonds. The zero-order valence-corrected chi connectivity index (χ0v) is 16.9. The van der Waals surface area contributed by atoms with Gasteiger partial charge in [0.25, 0.3) is 0 Å². The highest BCUT2D eigenvalue weighted by atomic mass is 16.5. The van der Waals surface area contributed by atoms with Crippen molar-refractivity contribution in [1.82, 2.24) is 10.2 Å². The van der Waals surface area contributed by atoms with E-state index in [1.165, 1.54) is 0 Å². The van der Waals surface area contributed by atoms with E-state index in [1.54, 1.807) is 37.3 Å². The largest absolute Gasteiger partial charge is 0.497 e. The molecule has 6 nitrogen and oxygen atoms in total. The fourth-order valence-corrected chi connectivity index (χ4v) is 2.96. The Balaban J connectivity index is 1.86. The summed E-state index contributed by atoms with van der Waals surface area (Å²) in [6.45, 7) is 4.40. The molecule has 0 aromatic heterocycles. The van der Waals surface area contributed by atoms with Crippen LogP contribution in [0.15, 0.2) is 54.6 Å². The van der Waals surface area contributed by atoms with Gasteiger partial charge < -0.3 is 15.4 Å². The number of hydrogen-bond donors (Lipinski definition) is 2. The Labute approximate surface area is 166 Å². The highest BCUT2D eigenvalue weighted by Crippen LogP contribution is 2.21. The molecule has 1 unspecified atom stereocenters. The maximum Gasteiger partial charge on any atom is 0.238 e. The van der Waals surface area contributed by atoms with Crippen LogP contribution >= 0.6 is 0 Å². The van der Waals surface area contributed by atoms with E-state index in [9.17, 15) is 9.59 Å². The van der Waals surface area contributed by atoms with Crippen molar-refractivity contribution in [2.75, 3.05) is 32.6 Å². The summed E-state index contributed by atoms with van der Waals surface area (Å²) in [6, 6.07) is 17.0. The summed E-state index contributed by atoms with van der Waals surface area (Å²) in [5.41, 5.74) is 1.73. The second kappa shape index (κ2) is 10.5. The SMILES string of the molecule is COc1cccc(NC(=O)CN(C)CC(=O)NC(c2ccccc2)C(C)C)c1. The van der Waals surface area contributed by atoms with Crippen LogP contribution in [0.5, 0.6) is 5.75 Å². The summed E-state index contributed by atoms with van der Waals surface area (Å²) in [5, 5.41) is 5.89. The predicted molar refractivity (Wildman–Crippen MR) is 111 cm³/mol. The lowest BCUT2D eigenvalue weighted by molar-refractivity contribution is -0.123. The molecule has 28 heavy (non-hydrogen) atoms. The highest BCUT2D eigenvalue weighted by molar-refractivity contribution is 5.92. The molecule has 0 heterocycles. The molecule has 0 saturated heterocycles. The summed E-state index contributed by atoms with van der Waals surface area (Å²) < 4.78 is 5.15. The van der Waals surface area contributed by atoms with Crippen LogP contribution < -0.4 is 15.4 Å². The van der Waals surface area contributed by atoms with Crippen molar-refractivity contribution in [3.05, 3.63) is 60.2 Å². The topological polar surface area (TPSA) is 70.7 Å². The third-order valence-electron chi connectivity index (χ3n) is 4.32. The first-order chi connectivity index (χ1) is 13.4. The number of ether oxygens (including phenoxy) is 1. The zero-order chi connectivity index (χ0) is 20.5. The minimum Gasteiger partial charge on any atom is -0.497 e. The van der Waals surface area contributed by atoms with E-state index in [1.807, 2.05) is 36.4 Å². The first-order valence-corrected chi connectivity index (χ1v) is 9.35. The Morgan fingerprint density at radius 3 is 2.32 bits per heavy atom. The van der Waals surface area contributed by atoms with E-state index >= 15 is 0 Å². The Morgan fingerprint density at radius 1 is 1.00 bits per heavy atom. The summed E-state index contributed by atoms with van der Waals surface area (Å²) in [7, 11) is 3.32. The normalized spacial score (nSPS) is 11.9. The van der Waals surface area contributed by atoms with Crippen LogP contribution in [-0.4, -0.2) is 44.0 Å². The molecule has 150 valence electrons. The van der Waals surface area contributed by atoms with Crippen LogP contribution in [0.25, 0.3) is 0 Å². The standard InChI is InChI=1S/C22H29N3O3/c1-16(2)22(17-9-6-5-7-10-17)24-21(27)15-25(3)14-20(26)23-18-11-8-12-19(13-18)28-4/h5-13,16,22H,14-15H2,1-4H3,(H,23,26)(H,24,27). The highest BCUT2D eigenvalue weighted by Gasteiger charge is 2.19. The Morgan fingerprint density at radius 2 is 1.68 bits per heavy atom. The van der Waals surface area contributed by atoms with E-state index in [4.69, 9.17) is 4.74 Å². The fraction of sp³-hybridized carbons (Fsp3) is 0.364. The third-order valence-corrected chi connectivity index (χ3v) is 4.32. The zero-order valence-electron chi connectivity index (χ0n) is 16.9. The molecular formula is C22H29N3O3. The molecule has 0 aliphatic rings. The lowest BCUT2D eigenvalue weighted by atomic mass is 9.96. The first kappa shape index (κ1) is 21.4. The molecule has 0 radical (unpaired) electrons. The summed E-state index contributed by atoms with van der Waals surface area (Å²) in [6.07, 6.45) is 0. The maximum atomic E-state index is 12.5. The minimum atomic E-state index is -0.188. The van der Waals surface area contributed by atoms with Gasteiger partial charge >= 0.3 is 0 Å². The van der Waals surface area contributed by atoms with E-state index < -0.39 is 0 Å². The smallest absolute Gasteiger partial charge is 0.238 e. The number of nitrogens with zero attached hydrogens (tertiary/aromatic N) is 1. The Bertz CT molecular complexity index is 778. The molecule has 0 aliphatic carbocycles. The number of amides is 2.